The van der Waals surface area contributed by atoms with Gasteiger partial charge in [0.15, 0.2) is 6.61 Å². The molecule has 0 radical (unpaired) electrons. The third-order valence-corrected chi connectivity index (χ3v) is 6.29. The number of sulfonamides is 1. The van der Waals surface area contributed by atoms with Crippen LogP contribution in [0.1, 0.15) is 37.0 Å². The second-order valence-electron chi connectivity index (χ2n) is 5.70. The molecule has 0 aromatic heterocycles. The zero-order valence-corrected chi connectivity index (χ0v) is 15.4. The summed E-state index contributed by atoms with van der Waals surface area (Å²) in [5.74, 6) is -0.681. The van der Waals surface area contributed by atoms with E-state index < -0.39 is 16.0 Å². The summed E-state index contributed by atoms with van der Waals surface area (Å²) < 4.78 is 31.7. The second-order valence-corrected chi connectivity index (χ2v) is 7.63. The molecule has 0 atom stereocenters. The molecular formula is C17H23N3O4S. The summed E-state index contributed by atoms with van der Waals surface area (Å²) in [6, 6.07) is 6.31. The van der Waals surface area contributed by atoms with E-state index >= 15 is 0 Å². The molecule has 1 aromatic carbocycles. The number of nitrogens with zero attached hydrogens (tertiary/aromatic N) is 3. The number of hydrogen-bond donors (Lipinski definition) is 0. The van der Waals surface area contributed by atoms with E-state index in [4.69, 9.17) is 10.00 Å². The summed E-state index contributed by atoms with van der Waals surface area (Å²) in [6.07, 6.45) is 2.04. The number of carbonyl (C=O) groups is 1. The Morgan fingerprint density at radius 3 is 2.48 bits per heavy atom. The standard InChI is InChI=1S/C17H23N3O4S/c1-3-20(4-2)25(22,23)14-7-8-16(19-10-5-6-11-19)15(13-14)17(21)24-12-9-18/h7-8,13H,3-6,10-12H2,1-2H3. The van der Waals surface area contributed by atoms with E-state index in [2.05, 4.69) is 0 Å². The minimum Gasteiger partial charge on any atom is -0.447 e. The fraction of sp³-hybridized carbons (Fsp3) is 0.529. The SMILES string of the molecule is CCN(CC)S(=O)(=O)c1ccc(N2CCCC2)c(C(=O)OCC#N)c1. The lowest BCUT2D eigenvalue weighted by Gasteiger charge is -2.23. The maximum Gasteiger partial charge on any atom is 0.341 e. The molecule has 0 aliphatic carbocycles. The molecular weight excluding hydrogens is 342 g/mol. The molecule has 0 spiro atoms. The third-order valence-electron chi connectivity index (χ3n) is 4.25. The molecule has 7 nitrogen and oxygen atoms in total. The molecule has 0 N–H and O–H groups in total. The van der Waals surface area contributed by atoms with Crippen molar-refractivity contribution in [2.24, 2.45) is 0 Å². The van der Waals surface area contributed by atoms with Gasteiger partial charge in [-0.25, -0.2) is 13.2 Å². The molecule has 0 amide bonds. The summed E-state index contributed by atoms with van der Waals surface area (Å²) in [4.78, 5) is 14.5. The number of benzene rings is 1. The third kappa shape index (κ3) is 4.11. The van der Waals surface area contributed by atoms with Crippen molar-refractivity contribution < 1.29 is 17.9 Å². The fourth-order valence-electron chi connectivity index (χ4n) is 2.96. The molecule has 1 fully saturated rings. The molecule has 136 valence electrons. The number of anilines is 1. The maximum atomic E-state index is 12.7. The van der Waals surface area contributed by atoms with Crippen LogP contribution in [0.25, 0.3) is 0 Å². The number of hydrogen-bond acceptors (Lipinski definition) is 6. The second kappa shape index (κ2) is 8.32. The summed E-state index contributed by atoms with van der Waals surface area (Å²) >= 11 is 0. The lowest BCUT2D eigenvalue weighted by Crippen LogP contribution is -2.31. The van der Waals surface area contributed by atoms with Gasteiger partial charge in [-0.1, -0.05) is 13.8 Å². The fourth-order valence-corrected chi connectivity index (χ4v) is 4.45. The normalized spacial score (nSPS) is 14.6. The molecule has 2 rings (SSSR count). The van der Waals surface area contributed by atoms with Crippen molar-refractivity contribution in [1.29, 1.82) is 5.26 Å². The van der Waals surface area contributed by atoms with Gasteiger partial charge in [-0.15, -0.1) is 0 Å². The first-order valence-electron chi connectivity index (χ1n) is 8.38. The van der Waals surface area contributed by atoms with Gasteiger partial charge in [0, 0.05) is 26.2 Å². The van der Waals surface area contributed by atoms with E-state index in [-0.39, 0.29) is 17.1 Å². The summed E-state index contributed by atoms with van der Waals surface area (Å²) in [5, 5.41) is 8.62. The van der Waals surface area contributed by atoms with Gasteiger partial charge < -0.3 is 9.64 Å². The Labute approximate surface area is 148 Å². The lowest BCUT2D eigenvalue weighted by molar-refractivity contribution is 0.0555. The Morgan fingerprint density at radius 1 is 1.28 bits per heavy atom. The molecule has 1 saturated heterocycles. The van der Waals surface area contributed by atoms with Crippen LogP contribution in [-0.4, -0.2) is 51.5 Å². The van der Waals surface area contributed by atoms with Crippen molar-refractivity contribution in [3.05, 3.63) is 23.8 Å². The van der Waals surface area contributed by atoms with Gasteiger partial charge in [0.2, 0.25) is 10.0 Å². The van der Waals surface area contributed by atoms with Gasteiger partial charge in [0.1, 0.15) is 6.07 Å². The topological polar surface area (TPSA) is 90.7 Å². The van der Waals surface area contributed by atoms with Crippen LogP contribution in [0.4, 0.5) is 5.69 Å². The predicted octanol–water partition coefficient (Wildman–Crippen LogP) is 2.00. The van der Waals surface area contributed by atoms with Crippen LogP contribution in [0.3, 0.4) is 0 Å². The average Bonchev–Trinajstić information content (AvgIpc) is 3.14. The van der Waals surface area contributed by atoms with Gasteiger partial charge in [-0.3, -0.25) is 0 Å². The van der Waals surface area contributed by atoms with Gasteiger partial charge in [0.05, 0.1) is 16.1 Å². The number of nitriles is 1. The van der Waals surface area contributed by atoms with Crippen LogP contribution in [0.2, 0.25) is 0 Å². The predicted molar refractivity (Wildman–Crippen MR) is 93.9 cm³/mol. The van der Waals surface area contributed by atoms with E-state index in [0.29, 0.717) is 18.8 Å². The van der Waals surface area contributed by atoms with Crippen molar-refractivity contribution >= 4 is 21.7 Å². The van der Waals surface area contributed by atoms with Crippen molar-refractivity contribution in [2.75, 3.05) is 37.7 Å². The van der Waals surface area contributed by atoms with Crippen LogP contribution in [0.15, 0.2) is 23.1 Å². The Kier molecular flexibility index (Phi) is 6.39. The van der Waals surface area contributed by atoms with Gasteiger partial charge in [-0.2, -0.15) is 9.57 Å². The smallest absolute Gasteiger partial charge is 0.341 e. The average molecular weight is 365 g/mol. The maximum absolute atomic E-state index is 12.7. The van der Waals surface area contributed by atoms with Crippen LogP contribution in [0, 0.1) is 11.3 Å². The monoisotopic (exact) mass is 365 g/mol. The highest BCUT2D eigenvalue weighted by atomic mass is 32.2. The summed E-state index contributed by atoms with van der Waals surface area (Å²) in [5.41, 5.74) is 0.837. The highest BCUT2D eigenvalue weighted by Gasteiger charge is 2.26. The molecule has 0 unspecified atom stereocenters. The first kappa shape index (κ1) is 19.2. The zero-order chi connectivity index (χ0) is 18.4. The quantitative estimate of drug-likeness (QED) is 0.687. The van der Waals surface area contributed by atoms with Gasteiger partial charge in [0.25, 0.3) is 0 Å². The van der Waals surface area contributed by atoms with Crippen molar-refractivity contribution in [1.82, 2.24) is 4.31 Å². The molecule has 1 heterocycles. The summed E-state index contributed by atoms with van der Waals surface area (Å²) in [7, 11) is -3.68. The Balaban J connectivity index is 2.48. The molecule has 1 aliphatic heterocycles. The van der Waals surface area contributed by atoms with E-state index in [1.54, 1.807) is 26.0 Å². The van der Waals surface area contributed by atoms with E-state index in [1.165, 1.54) is 16.4 Å². The first-order chi connectivity index (χ1) is 12.0. The molecule has 0 saturated carbocycles. The van der Waals surface area contributed by atoms with Gasteiger partial charge >= 0.3 is 5.97 Å². The molecule has 1 aromatic rings. The van der Waals surface area contributed by atoms with E-state index in [0.717, 1.165) is 25.9 Å². The van der Waals surface area contributed by atoms with E-state index in [1.807, 2.05) is 4.90 Å². The first-order valence-corrected chi connectivity index (χ1v) is 9.82. The number of ether oxygens (including phenoxy) is 1. The Morgan fingerprint density at radius 2 is 1.92 bits per heavy atom. The number of carbonyl (C=O) groups excluding carboxylic acids is 1. The zero-order valence-electron chi connectivity index (χ0n) is 14.6. The van der Waals surface area contributed by atoms with Crippen molar-refractivity contribution in [3.8, 4) is 6.07 Å². The molecule has 8 heteroatoms. The Hall–Kier alpha value is -2.11. The minimum atomic E-state index is -3.68. The van der Waals surface area contributed by atoms with Crippen molar-refractivity contribution in [2.45, 2.75) is 31.6 Å². The minimum absolute atomic E-state index is 0.0584. The number of esters is 1. The lowest BCUT2D eigenvalue weighted by atomic mass is 10.1. The largest absolute Gasteiger partial charge is 0.447 e. The van der Waals surface area contributed by atoms with Gasteiger partial charge in [-0.05, 0) is 31.0 Å². The highest BCUT2D eigenvalue weighted by Crippen LogP contribution is 2.29. The van der Waals surface area contributed by atoms with Crippen LogP contribution in [-0.2, 0) is 14.8 Å². The van der Waals surface area contributed by atoms with Crippen LogP contribution < -0.4 is 4.90 Å². The van der Waals surface area contributed by atoms with Crippen molar-refractivity contribution in [3.63, 3.8) is 0 Å². The van der Waals surface area contributed by atoms with Crippen LogP contribution in [0.5, 0.6) is 0 Å². The van der Waals surface area contributed by atoms with Crippen LogP contribution >= 0.6 is 0 Å². The Bertz CT molecular complexity index is 761. The molecule has 1 aliphatic rings. The summed E-state index contributed by atoms with van der Waals surface area (Å²) in [6.45, 7) is 5.47. The highest BCUT2D eigenvalue weighted by molar-refractivity contribution is 7.89. The number of rotatable bonds is 7. The molecule has 0 bridgehead atoms. The van der Waals surface area contributed by atoms with E-state index in [9.17, 15) is 13.2 Å². The molecule has 25 heavy (non-hydrogen) atoms.